The molecule has 27 heavy (non-hydrogen) atoms. The van der Waals surface area contributed by atoms with Crippen LogP contribution in [-0.4, -0.2) is 42.7 Å². The normalized spacial score (nSPS) is 11.3. The smallest absolute Gasteiger partial charge is 0.422 e. The molecular weight excluding hydrogens is 361 g/mol. The Morgan fingerprint density at radius 2 is 1.81 bits per heavy atom. The molecule has 2 aromatic rings. The summed E-state index contributed by atoms with van der Waals surface area (Å²) < 4.78 is 47.2. The highest BCUT2D eigenvalue weighted by Crippen LogP contribution is 2.30. The van der Waals surface area contributed by atoms with E-state index in [1.54, 1.807) is 19.1 Å². The van der Waals surface area contributed by atoms with Gasteiger partial charge in [0.15, 0.2) is 18.1 Å². The van der Waals surface area contributed by atoms with Gasteiger partial charge >= 0.3 is 6.18 Å². The zero-order chi connectivity index (χ0) is 19.7. The molecule has 0 aliphatic carbocycles. The van der Waals surface area contributed by atoms with Gasteiger partial charge in [-0.3, -0.25) is 0 Å². The molecule has 0 fully saturated rings. The van der Waals surface area contributed by atoms with E-state index in [2.05, 4.69) is 20.8 Å². The number of aryl methyl sites for hydroxylation is 1. The Labute approximate surface area is 156 Å². The van der Waals surface area contributed by atoms with Gasteiger partial charge in [-0.25, -0.2) is 0 Å². The highest BCUT2D eigenvalue weighted by Gasteiger charge is 2.29. The minimum absolute atomic E-state index is 0.0811. The molecule has 2 rings (SSSR count). The van der Waals surface area contributed by atoms with Crippen molar-refractivity contribution in [2.75, 3.05) is 31.6 Å². The van der Waals surface area contributed by atoms with E-state index in [4.69, 9.17) is 9.47 Å². The van der Waals surface area contributed by atoms with Crippen molar-refractivity contribution < 1.29 is 22.6 Å². The second kappa shape index (κ2) is 9.96. The standard InChI is InChI=1S/C18H23F3N4O2/c1-3-26-16-10-14(5-6-15(16)27-12-18(19,20)21)11-22-8-9-23-17-7-4-13(2)24-25-17/h4-7,10,22H,3,8-9,11-12H2,1-2H3,(H,23,25). The van der Waals surface area contributed by atoms with Crippen LogP contribution in [0.3, 0.4) is 0 Å². The average molecular weight is 384 g/mol. The van der Waals surface area contributed by atoms with Crippen LogP contribution in [0, 0.1) is 6.92 Å². The Bertz CT molecular complexity index is 709. The van der Waals surface area contributed by atoms with Crippen LogP contribution in [0.2, 0.25) is 0 Å². The van der Waals surface area contributed by atoms with Crippen LogP contribution < -0.4 is 20.1 Å². The molecule has 0 unspecified atom stereocenters. The number of hydrogen-bond donors (Lipinski definition) is 2. The van der Waals surface area contributed by atoms with Gasteiger partial charge in [-0.15, -0.1) is 5.10 Å². The fourth-order valence-electron chi connectivity index (χ4n) is 2.21. The lowest BCUT2D eigenvalue weighted by Gasteiger charge is -2.15. The molecule has 1 aromatic heterocycles. The van der Waals surface area contributed by atoms with E-state index in [1.165, 1.54) is 6.07 Å². The summed E-state index contributed by atoms with van der Waals surface area (Å²) in [5, 5.41) is 14.4. The number of aromatic nitrogens is 2. The minimum atomic E-state index is -4.39. The lowest BCUT2D eigenvalue weighted by atomic mass is 10.2. The fourth-order valence-corrected chi connectivity index (χ4v) is 2.21. The van der Waals surface area contributed by atoms with E-state index < -0.39 is 12.8 Å². The van der Waals surface area contributed by atoms with Gasteiger partial charge in [0.05, 0.1) is 12.3 Å². The summed E-state index contributed by atoms with van der Waals surface area (Å²) >= 11 is 0. The summed E-state index contributed by atoms with van der Waals surface area (Å²) in [5.41, 5.74) is 1.74. The summed E-state index contributed by atoms with van der Waals surface area (Å²) in [6.45, 7) is 4.49. The molecule has 0 radical (unpaired) electrons. The SMILES string of the molecule is CCOc1cc(CNCCNc2ccc(C)nn2)ccc1OCC(F)(F)F. The molecule has 1 heterocycles. The van der Waals surface area contributed by atoms with Crippen molar-refractivity contribution in [2.24, 2.45) is 0 Å². The van der Waals surface area contributed by atoms with E-state index in [0.717, 1.165) is 11.3 Å². The lowest BCUT2D eigenvalue weighted by Crippen LogP contribution is -2.22. The van der Waals surface area contributed by atoms with E-state index in [0.29, 0.717) is 37.8 Å². The van der Waals surface area contributed by atoms with Crippen LogP contribution in [-0.2, 0) is 6.54 Å². The van der Waals surface area contributed by atoms with Crippen LogP contribution in [0.15, 0.2) is 30.3 Å². The van der Waals surface area contributed by atoms with Gasteiger partial charge in [-0.2, -0.15) is 18.3 Å². The summed E-state index contributed by atoms with van der Waals surface area (Å²) in [6.07, 6.45) is -4.39. The van der Waals surface area contributed by atoms with Crippen molar-refractivity contribution in [1.82, 2.24) is 15.5 Å². The average Bonchev–Trinajstić information content (AvgIpc) is 2.62. The Kier molecular flexibility index (Phi) is 7.66. The third-order valence-corrected chi connectivity index (χ3v) is 3.43. The molecule has 0 saturated carbocycles. The monoisotopic (exact) mass is 384 g/mol. The second-order valence-corrected chi connectivity index (χ2v) is 5.78. The van der Waals surface area contributed by atoms with Gasteiger partial charge in [-0.1, -0.05) is 6.07 Å². The lowest BCUT2D eigenvalue weighted by molar-refractivity contribution is -0.153. The molecule has 0 bridgehead atoms. The summed E-state index contributed by atoms with van der Waals surface area (Å²) in [5.74, 6) is 1.08. The number of alkyl halides is 3. The number of anilines is 1. The van der Waals surface area contributed by atoms with Gasteiger partial charge in [0.25, 0.3) is 0 Å². The highest BCUT2D eigenvalue weighted by atomic mass is 19.4. The molecule has 9 heteroatoms. The first-order valence-corrected chi connectivity index (χ1v) is 8.57. The quantitative estimate of drug-likeness (QED) is 0.613. The number of benzene rings is 1. The number of ether oxygens (including phenoxy) is 2. The molecule has 2 N–H and O–H groups in total. The Hall–Kier alpha value is -2.55. The predicted molar refractivity (Wildman–Crippen MR) is 96.1 cm³/mol. The van der Waals surface area contributed by atoms with Crippen molar-refractivity contribution in [3.63, 3.8) is 0 Å². The number of hydrogen-bond acceptors (Lipinski definition) is 6. The topological polar surface area (TPSA) is 68.3 Å². The van der Waals surface area contributed by atoms with Crippen molar-refractivity contribution in [3.05, 3.63) is 41.6 Å². The van der Waals surface area contributed by atoms with E-state index >= 15 is 0 Å². The molecule has 0 spiro atoms. The second-order valence-electron chi connectivity index (χ2n) is 5.78. The molecule has 0 aliphatic heterocycles. The summed E-state index contributed by atoms with van der Waals surface area (Å²) in [6, 6.07) is 8.62. The first-order chi connectivity index (χ1) is 12.9. The molecule has 0 amide bonds. The Morgan fingerprint density at radius 3 is 2.48 bits per heavy atom. The van der Waals surface area contributed by atoms with E-state index in [-0.39, 0.29) is 5.75 Å². The molecule has 148 valence electrons. The van der Waals surface area contributed by atoms with E-state index in [1.807, 2.05) is 19.1 Å². The minimum Gasteiger partial charge on any atom is -0.490 e. The number of nitrogens with zero attached hydrogens (tertiary/aromatic N) is 2. The van der Waals surface area contributed by atoms with Gasteiger partial charge in [0, 0.05) is 19.6 Å². The van der Waals surface area contributed by atoms with Crippen LogP contribution in [0.25, 0.3) is 0 Å². The van der Waals surface area contributed by atoms with Crippen LogP contribution in [0.4, 0.5) is 19.0 Å². The van der Waals surface area contributed by atoms with Crippen molar-refractivity contribution in [3.8, 4) is 11.5 Å². The van der Waals surface area contributed by atoms with Gasteiger partial charge in [0.2, 0.25) is 0 Å². The first kappa shape index (κ1) is 20.8. The van der Waals surface area contributed by atoms with Crippen LogP contribution in [0.1, 0.15) is 18.2 Å². The highest BCUT2D eigenvalue weighted by molar-refractivity contribution is 5.43. The largest absolute Gasteiger partial charge is 0.490 e. The van der Waals surface area contributed by atoms with Gasteiger partial charge in [0.1, 0.15) is 5.82 Å². The predicted octanol–water partition coefficient (Wildman–Crippen LogP) is 3.33. The molecule has 6 nitrogen and oxygen atoms in total. The summed E-state index contributed by atoms with van der Waals surface area (Å²) in [7, 11) is 0. The fraction of sp³-hybridized carbons (Fsp3) is 0.444. The number of rotatable bonds is 10. The maximum absolute atomic E-state index is 12.3. The third kappa shape index (κ3) is 7.69. The molecule has 0 saturated heterocycles. The molecule has 0 aliphatic rings. The zero-order valence-corrected chi connectivity index (χ0v) is 15.3. The number of halogens is 3. The Balaban J connectivity index is 1.81. The maximum Gasteiger partial charge on any atom is 0.422 e. The Morgan fingerprint density at radius 1 is 1.00 bits per heavy atom. The van der Waals surface area contributed by atoms with Gasteiger partial charge in [-0.05, 0) is 43.7 Å². The third-order valence-electron chi connectivity index (χ3n) is 3.43. The van der Waals surface area contributed by atoms with Crippen molar-refractivity contribution in [2.45, 2.75) is 26.6 Å². The van der Waals surface area contributed by atoms with Crippen LogP contribution >= 0.6 is 0 Å². The molecule has 0 atom stereocenters. The summed E-state index contributed by atoms with van der Waals surface area (Å²) in [4.78, 5) is 0. The number of nitrogens with one attached hydrogen (secondary N) is 2. The van der Waals surface area contributed by atoms with E-state index in [9.17, 15) is 13.2 Å². The maximum atomic E-state index is 12.3. The zero-order valence-electron chi connectivity index (χ0n) is 15.3. The van der Waals surface area contributed by atoms with Crippen LogP contribution in [0.5, 0.6) is 11.5 Å². The molecular formula is C18H23F3N4O2. The first-order valence-electron chi connectivity index (χ1n) is 8.57. The molecule has 1 aromatic carbocycles. The van der Waals surface area contributed by atoms with Crippen molar-refractivity contribution >= 4 is 5.82 Å². The van der Waals surface area contributed by atoms with Gasteiger partial charge < -0.3 is 20.1 Å². The van der Waals surface area contributed by atoms with Crippen molar-refractivity contribution in [1.29, 1.82) is 0 Å².